The number of aromatic nitrogens is 1. The SMILES string of the molecule is CC(=O)C1=C(C)c2cc3ccccc3n2C1=O. The third-order valence-corrected chi connectivity index (χ3v) is 3.24. The van der Waals surface area contributed by atoms with Crippen LogP contribution in [0.2, 0.25) is 0 Å². The van der Waals surface area contributed by atoms with Crippen LogP contribution in [-0.4, -0.2) is 16.3 Å². The summed E-state index contributed by atoms with van der Waals surface area (Å²) in [6.07, 6.45) is 0. The predicted molar refractivity (Wildman–Crippen MR) is 65.8 cm³/mol. The summed E-state index contributed by atoms with van der Waals surface area (Å²) in [6.45, 7) is 3.26. The lowest BCUT2D eigenvalue weighted by molar-refractivity contribution is -0.113. The van der Waals surface area contributed by atoms with Crippen molar-refractivity contribution in [3.05, 3.63) is 41.6 Å². The van der Waals surface area contributed by atoms with Gasteiger partial charge in [0, 0.05) is 5.39 Å². The molecule has 84 valence electrons. The average Bonchev–Trinajstić information content (AvgIpc) is 2.76. The second-order valence-corrected chi connectivity index (χ2v) is 4.29. The maximum Gasteiger partial charge on any atom is 0.266 e. The lowest BCUT2D eigenvalue weighted by Gasteiger charge is -2.00. The van der Waals surface area contributed by atoms with Gasteiger partial charge in [0.25, 0.3) is 5.91 Å². The molecule has 17 heavy (non-hydrogen) atoms. The molecule has 0 bridgehead atoms. The molecule has 0 radical (unpaired) electrons. The molecule has 3 nitrogen and oxygen atoms in total. The Kier molecular flexibility index (Phi) is 1.87. The van der Waals surface area contributed by atoms with Crippen molar-refractivity contribution in [2.75, 3.05) is 0 Å². The van der Waals surface area contributed by atoms with Crippen molar-refractivity contribution in [3.63, 3.8) is 0 Å². The molecular weight excluding hydrogens is 214 g/mol. The van der Waals surface area contributed by atoms with E-state index in [0.29, 0.717) is 5.57 Å². The van der Waals surface area contributed by atoms with Gasteiger partial charge in [0.05, 0.1) is 16.8 Å². The number of allylic oxidation sites excluding steroid dienone is 2. The number of carbonyl (C=O) groups is 2. The van der Waals surface area contributed by atoms with Crippen LogP contribution < -0.4 is 0 Å². The van der Waals surface area contributed by atoms with Crippen molar-refractivity contribution >= 4 is 28.2 Å². The Balaban J connectivity index is 2.38. The Morgan fingerprint density at radius 3 is 2.65 bits per heavy atom. The molecule has 0 saturated carbocycles. The van der Waals surface area contributed by atoms with Crippen molar-refractivity contribution in [2.24, 2.45) is 0 Å². The van der Waals surface area contributed by atoms with Crippen LogP contribution in [0.25, 0.3) is 16.5 Å². The van der Waals surface area contributed by atoms with Gasteiger partial charge in [0.1, 0.15) is 0 Å². The van der Waals surface area contributed by atoms with Gasteiger partial charge in [-0.2, -0.15) is 0 Å². The summed E-state index contributed by atoms with van der Waals surface area (Å²) in [7, 11) is 0. The normalized spacial score (nSPS) is 14.6. The molecule has 1 aliphatic heterocycles. The number of hydrogen-bond acceptors (Lipinski definition) is 2. The molecule has 1 aromatic heterocycles. The lowest BCUT2D eigenvalue weighted by Crippen LogP contribution is -2.13. The van der Waals surface area contributed by atoms with Gasteiger partial charge in [-0.1, -0.05) is 18.2 Å². The van der Waals surface area contributed by atoms with Gasteiger partial charge in [0.15, 0.2) is 5.78 Å². The fourth-order valence-electron chi connectivity index (χ4n) is 2.46. The van der Waals surface area contributed by atoms with E-state index in [-0.39, 0.29) is 11.7 Å². The summed E-state index contributed by atoms with van der Waals surface area (Å²) < 4.78 is 1.63. The number of carbonyl (C=O) groups excluding carboxylic acids is 2. The zero-order valence-corrected chi connectivity index (χ0v) is 9.65. The van der Waals surface area contributed by atoms with Crippen LogP contribution in [0.3, 0.4) is 0 Å². The summed E-state index contributed by atoms with van der Waals surface area (Å²) >= 11 is 0. The van der Waals surface area contributed by atoms with Gasteiger partial charge in [-0.25, -0.2) is 0 Å². The molecule has 2 aromatic rings. The molecule has 0 fully saturated rings. The Hall–Kier alpha value is -2.16. The molecule has 1 aliphatic rings. The molecular formula is C14H11NO2. The molecule has 0 amide bonds. The monoisotopic (exact) mass is 225 g/mol. The van der Waals surface area contributed by atoms with Crippen LogP contribution in [0.5, 0.6) is 0 Å². The highest BCUT2D eigenvalue weighted by Crippen LogP contribution is 2.33. The van der Waals surface area contributed by atoms with E-state index in [4.69, 9.17) is 0 Å². The van der Waals surface area contributed by atoms with E-state index >= 15 is 0 Å². The predicted octanol–water partition coefficient (Wildman–Crippen LogP) is 2.66. The first kappa shape index (κ1) is 10.0. The van der Waals surface area contributed by atoms with Crippen LogP contribution in [0, 0.1) is 0 Å². The molecule has 2 heterocycles. The lowest BCUT2D eigenvalue weighted by atomic mass is 10.1. The minimum atomic E-state index is -0.203. The molecule has 0 N–H and O–H groups in total. The van der Waals surface area contributed by atoms with Crippen LogP contribution in [0.1, 0.15) is 24.3 Å². The van der Waals surface area contributed by atoms with E-state index in [1.807, 2.05) is 37.3 Å². The highest BCUT2D eigenvalue weighted by atomic mass is 16.2. The summed E-state index contributed by atoms with van der Waals surface area (Å²) in [5.41, 5.74) is 2.79. The first-order valence-electron chi connectivity index (χ1n) is 5.48. The van der Waals surface area contributed by atoms with Crippen molar-refractivity contribution in [3.8, 4) is 0 Å². The van der Waals surface area contributed by atoms with Crippen LogP contribution >= 0.6 is 0 Å². The Morgan fingerprint density at radius 1 is 1.24 bits per heavy atom. The highest BCUT2D eigenvalue weighted by Gasteiger charge is 2.31. The Morgan fingerprint density at radius 2 is 1.94 bits per heavy atom. The van der Waals surface area contributed by atoms with Crippen LogP contribution in [-0.2, 0) is 4.79 Å². The van der Waals surface area contributed by atoms with E-state index in [1.165, 1.54) is 6.92 Å². The second kappa shape index (κ2) is 3.17. The number of Topliss-reactive ketones (excluding diaryl/α,β-unsaturated/α-hetero) is 1. The van der Waals surface area contributed by atoms with Gasteiger partial charge in [-0.3, -0.25) is 14.2 Å². The number of rotatable bonds is 1. The van der Waals surface area contributed by atoms with Gasteiger partial charge in [-0.15, -0.1) is 0 Å². The van der Waals surface area contributed by atoms with Crippen molar-refractivity contribution in [1.29, 1.82) is 0 Å². The quantitative estimate of drug-likeness (QED) is 0.700. The second-order valence-electron chi connectivity index (χ2n) is 4.29. The number of benzene rings is 1. The van der Waals surface area contributed by atoms with E-state index in [2.05, 4.69) is 0 Å². The minimum absolute atomic E-state index is 0.166. The molecule has 0 unspecified atom stereocenters. The summed E-state index contributed by atoms with van der Waals surface area (Å²) in [6, 6.07) is 9.65. The Bertz CT molecular complexity index is 704. The molecule has 0 spiro atoms. The minimum Gasteiger partial charge on any atom is -0.294 e. The number of ketones is 1. The maximum atomic E-state index is 12.2. The number of nitrogens with zero attached hydrogens (tertiary/aromatic N) is 1. The van der Waals surface area contributed by atoms with E-state index in [1.54, 1.807) is 4.57 Å². The molecule has 3 rings (SSSR count). The van der Waals surface area contributed by atoms with Crippen molar-refractivity contribution < 1.29 is 9.59 Å². The van der Waals surface area contributed by atoms with Crippen LogP contribution in [0.4, 0.5) is 0 Å². The molecule has 1 aromatic carbocycles. The first-order valence-corrected chi connectivity index (χ1v) is 5.48. The smallest absolute Gasteiger partial charge is 0.266 e. The van der Waals surface area contributed by atoms with Gasteiger partial charge in [0.2, 0.25) is 0 Å². The molecule has 0 saturated heterocycles. The van der Waals surface area contributed by atoms with E-state index in [0.717, 1.165) is 22.2 Å². The Labute approximate surface area is 98.3 Å². The van der Waals surface area contributed by atoms with Crippen LogP contribution in [0.15, 0.2) is 35.9 Å². The van der Waals surface area contributed by atoms with E-state index < -0.39 is 0 Å². The number of hydrogen-bond donors (Lipinski definition) is 0. The van der Waals surface area contributed by atoms with Crippen molar-refractivity contribution in [1.82, 2.24) is 4.57 Å². The zero-order chi connectivity index (χ0) is 12.2. The van der Waals surface area contributed by atoms with Gasteiger partial charge in [-0.05, 0) is 31.6 Å². The fraction of sp³-hybridized carbons (Fsp3) is 0.143. The van der Waals surface area contributed by atoms with Crippen molar-refractivity contribution in [2.45, 2.75) is 13.8 Å². The largest absolute Gasteiger partial charge is 0.294 e. The highest BCUT2D eigenvalue weighted by molar-refractivity contribution is 6.29. The third-order valence-electron chi connectivity index (χ3n) is 3.24. The standard InChI is InChI=1S/C14H11NO2/c1-8-12-7-10-5-3-4-6-11(10)15(12)14(17)13(8)9(2)16/h3-7H,1-2H3. The molecule has 0 aliphatic carbocycles. The fourth-order valence-corrected chi connectivity index (χ4v) is 2.46. The van der Waals surface area contributed by atoms with Gasteiger partial charge >= 0.3 is 0 Å². The zero-order valence-electron chi connectivity index (χ0n) is 9.65. The summed E-state index contributed by atoms with van der Waals surface area (Å²) in [5.74, 6) is -0.369. The number of para-hydroxylation sites is 1. The topological polar surface area (TPSA) is 39.1 Å². The average molecular weight is 225 g/mol. The maximum absolute atomic E-state index is 12.2. The third kappa shape index (κ3) is 1.16. The molecule has 0 atom stereocenters. The molecule has 3 heteroatoms. The number of fused-ring (bicyclic) bond motifs is 3. The summed E-state index contributed by atoms with van der Waals surface area (Å²) in [4.78, 5) is 23.7. The van der Waals surface area contributed by atoms with Gasteiger partial charge < -0.3 is 0 Å². The van der Waals surface area contributed by atoms with E-state index in [9.17, 15) is 9.59 Å². The summed E-state index contributed by atoms with van der Waals surface area (Å²) in [5, 5.41) is 1.03. The first-order chi connectivity index (χ1) is 8.11.